The Hall–Kier alpha value is -2.99. The van der Waals surface area contributed by atoms with Gasteiger partial charge in [0.25, 0.3) is 5.91 Å². The van der Waals surface area contributed by atoms with E-state index in [0.29, 0.717) is 63.0 Å². The lowest BCUT2D eigenvalue weighted by Gasteiger charge is -2.26. The Kier molecular flexibility index (Phi) is 10.9. The van der Waals surface area contributed by atoms with Gasteiger partial charge >= 0.3 is 7.12 Å². The third-order valence-electron chi connectivity index (χ3n) is 5.91. The SMILES string of the molecule is COc1ccc(CCNC(=O)C2(C(=O)NOB(O)CCCCN=C(N)N)CCCC2)cc1OC. The molecule has 188 valence electrons. The highest BCUT2D eigenvalue weighted by Gasteiger charge is 2.48. The van der Waals surface area contributed by atoms with E-state index in [1.54, 1.807) is 14.2 Å². The van der Waals surface area contributed by atoms with Crippen LogP contribution in [0.4, 0.5) is 0 Å². The van der Waals surface area contributed by atoms with E-state index < -0.39 is 18.4 Å². The molecule has 0 aromatic heterocycles. The average molecular weight is 477 g/mol. The number of carbonyl (C=O) groups excluding carboxylic acids is 2. The van der Waals surface area contributed by atoms with E-state index in [4.69, 9.17) is 25.7 Å². The van der Waals surface area contributed by atoms with Crippen LogP contribution in [-0.4, -0.2) is 57.2 Å². The Labute approximate surface area is 200 Å². The molecule has 0 heterocycles. The third-order valence-corrected chi connectivity index (χ3v) is 5.91. The topological polar surface area (TPSA) is 171 Å². The average Bonchev–Trinajstić information content (AvgIpc) is 3.33. The van der Waals surface area contributed by atoms with Gasteiger partial charge < -0.3 is 31.3 Å². The molecule has 1 aromatic carbocycles. The summed E-state index contributed by atoms with van der Waals surface area (Å²) in [6, 6.07) is 5.57. The molecule has 1 aliphatic carbocycles. The largest absolute Gasteiger partial charge is 0.493 e. The lowest BCUT2D eigenvalue weighted by atomic mass is 9.82. The highest BCUT2D eigenvalue weighted by atomic mass is 16.7. The molecule has 2 rings (SSSR count). The zero-order valence-electron chi connectivity index (χ0n) is 20.0. The van der Waals surface area contributed by atoms with Crippen molar-refractivity contribution < 1.29 is 28.8 Å². The summed E-state index contributed by atoms with van der Waals surface area (Å²) in [5.41, 5.74) is 12.6. The number of unbranched alkanes of at least 4 members (excludes halogenated alkanes) is 1. The van der Waals surface area contributed by atoms with Gasteiger partial charge in [0.2, 0.25) is 5.91 Å². The number of hydrogen-bond donors (Lipinski definition) is 5. The number of benzene rings is 1. The summed E-state index contributed by atoms with van der Waals surface area (Å²) in [4.78, 5) is 29.7. The molecule has 0 unspecified atom stereocenters. The maximum atomic E-state index is 13.0. The van der Waals surface area contributed by atoms with E-state index in [2.05, 4.69) is 15.8 Å². The molecule has 0 saturated heterocycles. The highest BCUT2D eigenvalue weighted by molar-refractivity contribution is 6.42. The summed E-state index contributed by atoms with van der Waals surface area (Å²) < 4.78 is 15.7. The molecule has 0 bridgehead atoms. The summed E-state index contributed by atoms with van der Waals surface area (Å²) in [6.07, 6.45) is 4.53. The van der Waals surface area contributed by atoms with Gasteiger partial charge in [0.1, 0.15) is 5.41 Å². The van der Waals surface area contributed by atoms with E-state index in [-0.39, 0.29) is 11.9 Å². The Balaban J connectivity index is 1.83. The fraction of sp³-hybridized carbons (Fsp3) is 0.591. The first kappa shape index (κ1) is 27.3. The predicted octanol–water partition coefficient (Wildman–Crippen LogP) is 0.505. The molecular weight excluding hydrogens is 441 g/mol. The van der Waals surface area contributed by atoms with Gasteiger partial charge in [-0.3, -0.25) is 19.3 Å². The minimum Gasteiger partial charge on any atom is -0.493 e. The second kappa shape index (κ2) is 13.7. The van der Waals surface area contributed by atoms with Crippen molar-refractivity contribution >= 4 is 24.9 Å². The molecule has 34 heavy (non-hydrogen) atoms. The van der Waals surface area contributed by atoms with Crippen molar-refractivity contribution in [1.29, 1.82) is 0 Å². The van der Waals surface area contributed by atoms with Crippen LogP contribution in [0.2, 0.25) is 6.32 Å². The van der Waals surface area contributed by atoms with Crippen molar-refractivity contribution in [2.24, 2.45) is 21.9 Å². The van der Waals surface area contributed by atoms with Crippen LogP contribution in [-0.2, 0) is 20.8 Å². The number of carbonyl (C=O) groups is 2. The lowest BCUT2D eigenvalue weighted by Crippen LogP contribution is -2.51. The lowest BCUT2D eigenvalue weighted by molar-refractivity contribution is -0.148. The second-order valence-corrected chi connectivity index (χ2v) is 8.29. The van der Waals surface area contributed by atoms with Crippen LogP contribution >= 0.6 is 0 Å². The van der Waals surface area contributed by atoms with Gasteiger partial charge in [0.05, 0.1) is 14.2 Å². The highest BCUT2D eigenvalue weighted by Crippen LogP contribution is 2.38. The summed E-state index contributed by atoms with van der Waals surface area (Å²) in [7, 11) is 1.95. The normalized spacial score (nSPS) is 14.2. The maximum Gasteiger partial charge on any atom is 0.479 e. The number of nitrogens with zero attached hydrogens (tertiary/aromatic N) is 1. The first-order valence-electron chi connectivity index (χ1n) is 11.5. The third kappa shape index (κ3) is 7.81. The molecule has 0 atom stereocenters. The fourth-order valence-corrected chi connectivity index (χ4v) is 3.98. The number of nitrogens with two attached hydrogens (primary N) is 2. The van der Waals surface area contributed by atoms with Crippen molar-refractivity contribution in [3.63, 3.8) is 0 Å². The number of guanidine groups is 1. The molecule has 11 nitrogen and oxygen atoms in total. The first-order valence-corrected chi connectivity index (χ1v) is 11.5. The molecule has 12 heteroatoms. The van der Waals surface area contributed by atoms with E-state index in [1.807, 2.05) is 18.2 Å². The Morgan fingerprint density at radius 1 is 1.12 bits per heavy atom. The van der Waals surface area contributed by atoms with Crippen LogP contribution in [0.3, 0.4) is 0 Å². The Morgan fingerprint density at radius 2 is 1.82 bits per heavy atom. The molecule has 2 amide bonds. The number of amides is 2. The smallest absolute Gasteiger partial charge is 0.479 e. The zero-order valence-corrected chi connectivity index (χ0v) is 20.0. The van der Waals surface area contributed by atoms with Gasteiger partial charge in [-0.25, -0.2) is 5.48 Å². The van der Waals surface area contributed by atoms with E-state index in [0.717, 1.165) is 18.4 Å². The monoisotopic (exact) mass is 477 g/mol. The summed E-state index contributed by atoms with van der Waals surface area (Å²) in [5.74, 6) is 0.400. The second-order valence-electron chi connectivity index (χ2n) is 8.29. The van der Waals surface area contributed by atoms with Crippen molar-refractivity contribution in [2.75, 3.05) is 27.3 Å². The fourth-order valence-electron chi connectivity index (χ4n) is 3.98. The quantitative estimate of drug-likeness (QED) is 0.0644. The number of hydrogen-bond acceptors (Lipinski definition) is 7. The predicted molar refractivity (Wildman–Crippen MR) is 129 cm³/mol. The Bertz CT molecular complexity index is 843. The van der Waals surface area contributed by atoms with Crippen LogP contribution in [0, 0.1) is 5.41 Å². The van der Waals surface area contributed by atoms with Gasteiger partial charge in [0.15, 0.2) is 17.5 Å². The number of hydroxylamine groups is 1. The summed E-state index contributed by atoms with van der Waals surface area (Å²) in [6.45, 7) is 0.816. The molecule has 0 radical (unpaired) electrons. The van der Waals surface area contributed by atoms with E-state index in [1.165, 1.54) is 0 Å². The minimum atomic E-state index is -1.20. The van der Waals surface area contributed by atoms with Crippen LogP contribution in [0.25, 0.3) is 0 Å². The standard InChI is InChI=1S/C22H36BN5O6/c1-32-17-8-7-16(15-18(17)33-2)9-14-26-19(29)22(10-3-4-11-22)20(30)28-34-23(31)12-5-6-13-27-21(24)25/h7-8,15,31H,3-6,9-14H2,1-2H3,(H,26,29)(H,28,30)(H4,24,25,27). The molecule has 7 N–H and O–H groups in total. The van der Waals surface area contributed by atoms with Gasteiger partial charge in [-0.15, -0.1) is 0 Å². The molecule has 1 aliphatic rings. The van der Waals surface area contributed by atoms with Gasteiger partial charge in [-0.2, -0.15) is 0 Å². The molecule has 1 aromatic rings. The van der Waals surface area contributed by atoms with E-state index in [9.17, 15) is 14.6 Å². The van der Waals surface area contributed by atoms with Crippen LogP contribution in [0.5, 0.6) is 11.5 Å². The molecule has 0 spiro atoms. The van der Waals surface area contributed by atoms with Gasteiger partial charge in [-0.05, 0) is 49.7 Å². The van der Waals surface area contributed by atoms with Crippen LogP contribution in [0.15, 0.2) is 23.2 Å². The molecule has 1 fully saturated rings. The molecular formula is C22H36BN5O6. The Morgan fingerprint density at radius 3 is 2.47 bits per heavy atom. The van der Waals surface area contributed by atoms with Gasteiger partial charge in [-0.1, -0.05) is 25.3 Å². The summed E-state index contributed by atoms with van der Waals surface area (Å²) in [5, 5.41) is 12.9. The molecule has 1 saturated carbocycles. The number of rotatable bonds is 14. The number of aliphatic imine (C=N–C) groups is 1. The van der Waals surface area contributed by atoms with E-state index >= 15 is 0 Å². The first-order chi connectivity index (χ1) is 16.3. The van der Waals surface area contributed by atoms with Crippen molar-refractivity contribution in [1.82, 2.24) is 10.8 Å². The number of nitrogens with one attached hydrogen (secondary N) is 2. The van der Waals surface area contributed by atoms with Crippen molar-refractivity contribution in [2.45, 2.75) is 51.3 Å². The number of ether oxygens (including phenoxy) is 2. The summed E-state index contributed by atoms with van der Waals surface area (Å²) >= 11 is 0. The zero-order chi connectivity index (χ0) is 25.0. The van der Waals surface area contributed by atoms with Crippen molar-refractivity contribution in [3.05, 3.63) is 23.8 Å². The van der Waals surface area contributed by atoms with Crippen molar-refractivity contribution in [3.8, 4) is 11.5 Å². The van der Waals surface area contributed by atoms with Crippen LogP contribution < -0.4 is 31.7 Å². The number of methoxy groups -OCH3 is 2. The van der Waals surface area contributed by atoms with Crippen LogP contribution in [0.1, 0.15) is 44.1 Å². The maximum absolute atomic E-state index is 13.0. The minimum absolute atomic E-state index is 0.0212. The molecule has 0 aliphatic heterocycles. The van der Waals surface area contributed by atoms with Gasteiger partial charge in [0, 0.05) is 13.1 Å².